The molecule has 4 aliphatic carbocycles. The van der Waals surface area contributed by atoms with E-state index in [9.17, 15) is 34.2 Å². The number of carbonyl (C=O) groups is 5. The van der Waals surface area contributed by atoms with E-state index in [-0.39, 0.29) is 47.8 Å². The number of nitrogens with one attached hydrogen (secondary N) is 4. The molecular formula is C36H40N6O7. The number of carboxylic acids is 2. The predicted molar refractivity (Wildman–Crippen MR) is 177 cm³/mol. The van der Waals surface area contributed by atoms with E-state index in [1.807, 2.05) is 0 Å². The molecule has 13 heteroatoms. The maximum atomic E-state index is 13.9. The zero-order valence-corrected chi connectivity index (χ0v) is 27.0. The third-order valence-electron chi connectivity index (χ3n) is 10.9. The monoisotopic (exact) mass is 668 g/mol. The Morgan fingerprint density at radius 3 is 2.14 bits per heavy atom. The molecule has 2 atom stereocenters. The summed E-state index contributed by atoms with van der Waals surface area (Å²) in [6.07, 6.45) is 9.15. The number of hydrogen-bond acceptors (Lipinski definition) is 6. The number of aromatic amines is 1. The summed E-state index contributed by atoms with van der Waals surface area (Å²) < 4.78 is 0. The number of benzene rings is 2. The number of anilines is 1. The predicted octanol–water partition coefficient (Wildman–Crippen LogP) is 4.00. The summed E-state index contributed by atoms with van der Waals surface area (Å²) in [6.45, 7) is 0.628. The summed E-state index contributed by atoms with van der Waals surface area (Å²) in [4.78, 5) is 73.6. The molecule has 256 valence electrons. The second-order valence-corrected chi connectivity index (χ2v) is 14.4. The van der Waals surface area contributed by atoms with Crippen molar-refractivity contribution in [1.82, 2.24) is 25.5 Å². The molecule has 4 bridgehead atoms. The topological polar surface area (TPSA) is 194 Å². The zero-order chi connectivity index (χ0) is 34.3. The fourth-order valence-corrected chi connectivity index (χ4v) is 9.10. The van der Waals surface area contributed by atoms with Gasteiger partial charge in [0, 0.05) is 30.9 Å². The maximum Gasteiger partial charge on any atom is 0.335 e. The molecule has 0 saturated heterocycles. The molecule has 0 spiro atoms. The number of aromatic carboxylic acids is 2. The Balaban J connectivity index is 1.06. The lowest BCUT2D eigenvalue weighted by Gasteiger charge is -2.57. The average Bonchev–Trinajstić information content (AvgIpc) is 3.54. The molecule has 1 aromatic heterocycles. The standard InChI is InChI=1S/C36H40N6O7/c43-31(41-26-10-24(33(45)46)9-25(11-26)34(47)48)27(23-4-2-1-3-5-23)16-37-32(44)30-12-28-29(40-19-39-28)17-42(30)35(49)38-18-36-13-20-6-21(14-36)8-22(7-20)15-36/h1-5,9-11,19-22,27,30H,6-8,12-18H2,(H,37,44)(H,38,49)(H,39,40)(H,41,43)(H,45,46)(H,47,48). The van der Waals surface area contributed by atoms with Crippen molar-refractivity contribution >= 4 is 35.5 Å². The van der Waals surface area contributed by atoms with Crippen LogP contribution in [0, 0.1) is 23.2 Å². The first kappa shape index (κ1) is 32.4. The number of rotatable bonds is 10. The Morgan fingerprint density at radius 1 is 0.898 bits per heavy atom. The minimum Gasteiger partial charge on any atom is -0.478 e. The molecule has 4 amide bonds. The molecule has 2 aromatic carbocycles. The van der Waals surface area contributed by atoms with Crippen molar-refractivity contribution in [3.05, 3.63) is 82.9 Å². The van der Waals surface area contributed by atoms with Crippen molar-refractivity contribution in [2.24, 2.45) is 23.2 Å². The lowest BCUT2D eigenvalue weighted by Crippen LogP contribution is -2.58. The molecule has 13 nitrogen and oxygen atoms in total. The second kappa shape index (κ2) is 13.0. The van der Waals surface area contributed by atoms with E-state index in [4.69, 9.17) is 0 Å². The SMILES string of the molecule is O=C(O)c1cc(NC(=O)C(CNC(=O)C2Cc3[nH]cnc3CN2C(=O)NCC23CC4CC(CC(C4)C2)C3)c2ccccc2)cc(C(=O)O)c1. The van der Waals surface area contributed by atoms with Crippen LogP contribution < -0.4 is 16.0 Å². The quantitative estimate of drug-likeness (QED) is 0.187. The van der Waals surface area contributed by atoms with E-state index in [1.165, 1.54) is 36.3 Å². The van der Waals surface area contributed by atoms with Crippen LogP contribution in [0.3, 0.4) is 0 Å². The summed E-state index contributed by atoms with van der Waals surface area (Å²) in [5.74, 6) is -2.36. The van der Waals surface area contributed by atoms with E-state index in [2.05, 4.69) is 25.9 Å². The van der Waals surface area contributed by atoms with Crippen LogP contribution in [0.4, 0.5) is 10.5 Å². The van der Waals surface area contributed by atoms with E-state index < -0.39 is 35.7 Å². The van der Waals surface area contributed by atoms with Gasteiger partial charge in [-0.1, -0.05) is 30.3 Å². The van der Waals surface area contributed by atoms with Crippen LogP contribution in [0.25, 0.3) is 0 Å². The summed E-state index contributed by atoms with van der Waals surface area (Å²) in [6, 6.07) is 11.0. The van der Waals surface area contributed by atoms with Gasteiger partial charge in [-0.05, 0) is 85.5 Å². The Labute approximate surface area is 282 Å². The number of fused-ring (bicyclic) bond motifs is 1. The summed E-state index contributed by atoms with van der Waals surface area (Å²) >= 11 is 0. The van der Waals surface area contributed by atoms with Gasteiger partial charge in [0.25, 0.3) is 0 Å². The lowest BCUT2D eigenvalue weighted by molar-refractivity contribution is -0.126. The van der Waals surface area contributed by atoms with Crippen LogP contribution in [0.15, 0.2) is 54.9 Å². The Morgan fingerprint density at radius 2 is 1.53 bits per heavy atom. The van der Waals surface area contributed by atoms with Crippen molar-refractivity contribution in [2.45, 2.75) is 63.5 Å². The number of nitrogens with zero attached hydrogens (tertiary/aromatic N) is 2. The summed E-state index contributed by atoms with van der Waals surface area (Å²) in [7, 11) is 0. The fourth-order valence-electron chi connectivity index (χ4n) is 9.10. The molecule has 49 heavy (non-hydrogen) atoms. The van der Waals surface area contributed by atoms with Gasteiger partial charge in [0.1, 0.15) is 6.04 Å². The number of hydrogen-bond donors (Lipinski definition) is 6. The van der Waals surface area contributed by atoms with Crippen LogP contribution >= 0.6 is 0 Å². The van der Waals surface area contributed by atoms with E-state index in [0.717, 1.165) is 48.8 Å². The van der Waals surface area contributed by atoms with Gasteiger partial charge >= 0.3 is 18.0 Å². The first-order valence-electron chi connectivity index (χ1n) is 16.9. The molecule has 2 unspecified atom stereocenters. The summed E-state index contributed by atoms with van der Waals surface area (Å²) in [5, 5.41) is 27.7. The molecular weight excluding hydrogens is 628 g/mol. The van der Waals surface area contributed by atoms with Crippen molar-refractivity contribution in [2.75, 3.05) is 18.4 Å². The minimum atomic E-state index is -1.34. The molecule has 4 saturated carbocycles. The summed E-state index contributed by atoms with van der Waals surface area (Å²) in [5.41, 5.74) is 1.60. The van der Waals surface area contributed by atoms with Crippen molar-refractivity contribution in [1.29, 1.82) is 0 Å². The fraction of sp³-hybridized carbons (Fsp3) is 0.444. The number of imidazole rings is 1. The largest absolute Gasteiger partial charge is 0.478 e. The van der Waals surface area contributed by atoms with Crippen molar-refractivity contribution in [3.63, 3.8) is 0 Å². The number of carbonyl (C=O) groups excluding carboxylic acids is 3. The van der Waals surface area contributed by atoms with Crippen LogP contribution in [0.2, 0.25) is 0 Å². The average molecular weight is 669 g/mol. The molecule has 5 aliphatic rings. The van der Waals surface area contributed by atoms with Gasteiger partial charge in [0.15, 0.2) is 0 Å². The number of carboxylic acid groups (broad SMARTS) is 2. The van der Waals surface area contributed by atoms with Crippen LogP contribution in [-0.2, 0) is 22.6 Å². The zero-order valence-electron chi connectivity index (χ0n) is 27.0. The number of H-pyrrole nitrogens is 1. The third kappa shape index (κ3) is 6.74. The molecule has 4 fully saturated rings. The number of aromatic nitrogens is 2. The Hall–Kier alpha value is -5.20. The smallest absolute Gasteiger partial charge is 0.335 e. The highest BCUT2D eigenvalue weighted by molar-refractivity contribution is 6.00. The second-order valence-electron chi connectivity index (χ2n) is 14.4. The Kier molecular flexibility index (Phi) is 8.59. The van der Waals surface area contributed by atoms with Gasteiger partial charge < -0.3 is 36.0 Å². The van der Waals surface area contributed by atoms with Gasteiger partial charge in [-0.25, -0.2) is 19.4 Å². The molecule has 6 N–H and O–H groups in total. The molecule has 3 aromatic rings. The van der Waals surface area contributed by atoms with Gasteiger partial charge in [-0.3, -0.25) is 9.59 Å². The van der Waals surface area contributed by atoms with E-state index in [1.54, 1.807) is 36.7 Å². The first-order chi connectivity index (χ1) is 23.6. The molecule has 2 heterocycles. The van der Waals surface area contributed by atoms with Crippen LogP contribution in [0.1, 0.15) is 82.1 Å². The highest BCUT2D eigenvalue weighted by Gasteiger charge is 2.51. The maximum absolute atomic E-state index is 13.9. The number of urea groups is 1. The van der Waals surface area contributed by atoms with E-state index in [0.29, 0.717) is 17.8 Å². The highest BCUT2D eigenvalue weighted by atomic mass is 16.4. The van der Waals surface area contributed by atoms with Gasteiger partial charge in [0.05, 0.1) is 35.6 Å². The van der Waals surface area contributed by atoms with Crippen LogP contribution in [0.5, 0.6) is 0 Å². The minimum absolute atomic E-state index is 0.00418. The normalized spacial score (nSPS) is 25.6. The van der Waals surface area contributed by atoms with Gasteiger partial charge in [0.2, 0.25) is 11.8 Å². The lowest BCUT2D eigenvalue weighted by atomic mass is 9.49. The molecule has 0 radical (unpaired) electrons. The van der Waals surface area contributed by atoms with Gasteiger partial charge in [-0.15, -0.1) is 0 Å². The van der Waals surface area contributed by atoms with Crippen molar-refractivity contribution in [3.8, 4) is 0 Å². The Bertz CT molecular complexity index is 1720. The number of amides is 4. The third-order valence-corrected chi connectivity index (χ3v) is 10.9. The van der Waals surface area contributed by atoms with Crippen LogP contribution in [-0.4, -0.2) is 74.0 Å². The molecule has 1 aliphatic heterocycles. The highest BCUT2D eigenvalue weighted by Crippen LogP contribution is 2.59. The first-order valence-corrected chi connectivity index (χ1v) is 16.9. The van der Waals surface area contributed by atoms with Crippen molar-refractivity contribution < 1.29 is 34.2 Å². The van der Waals surface area contributed by atoms with Gasteiger partial charge in [-0.2, -0.15) is 0 Å². The van der Waals surface area contributed by atoms with E-state index >= 15 is 0 Å². The molecule has 8 rings (SSSR count).